The summed E-state index contributed by atoms with van der Waals surface area (Å²) in [5, 5.41) is 85.9. The number of benzene rings is 12. The largest absolute Gasteiger partial charge is 0.507 e. The predicted octanol–water partition coefficient (Wildman–Crippen LogP) is 14.3. The maximum Gasteiger partial charge on any atom is 0.337 e. The molecule has 0 saturated heterocycles. The van der Waals surface area contributed by atoms with Crippen molar-refractivity contribution in [2.75, 3.05) is 47.1 Å². The summed E-state index contributed by atoms with van der Waals surface area (Å²) in [7, 11) is 2.84. The molecule has 0 unspecified atom stereocenters. The van der Waals surface area contributed by atoms with Gasteiger partial charge in [-0.15, -0.1) is 0 Å². The summed E-state index contributed by atoms with van der Waals surface area (Å²) in [4.78, 5) is 147. The minimum Gasteiger partial charge on any atom is -0.507 e. The molecule has 0 aliphatic rings. The second kappa shape index (κ2) is 42.3. The quantitative estimate of drug-likeness (QED) is 0.0130. The number of hydrogen-bond donors (Lipinski definition) is 10. The molecule has 4 aromatic heterocycles. The third kappa shape index (κ3) is 22.4. The number of amides is 2. The maximum atomic E-state index is 12.2. The van der Waals surface area contributed by atoms with Crippen LogP contribution in [0.15, 0.2) is 266 Å². The summed E-state index contributed by atoms with van der Waals surface area (Å²) in [5.74, 6) is -3.44. The van der Waals surface area contributed by atoms with Crippen LogP contribution >= 0.6 is 0 Å². The number of carbonyl (C=O) groups excluding carboxylic acids is 8. The normalized spacial score (nSPS) is 10.7. The number of aromatic nitrogens is 12. The van der Waals surface area contributed by atoms with Crippen molar-refractivity contribution in [1.82, 2.24) is 59.8 Å². The monoisotopic (exact) mass is 1860 g/mol. The number of Topliss-reactive ketones (excluding diaryl/α,β-unsaturated/α-hetero) is 1. The molecule has 11 N–H and O–H groups in total. The Hall–Kier alpha value is -19.0. The summed E-state index contributed by atoms with van der Waals surface area (Å²) in [6.07, 6.45) is 1.44. The minimum absolute atomic E-state index is 0.00305. The number of ether oxygens (including phenoxy) is 5. The number of phenolic OH excluding ortho intramolecular Hbond substituents is 8. The van der Waals surface area contributed by atoms with Gasteiger partial charge in [0.05, 0.1) is 118 Å². The Morgan fingerprint density at radius 1 is 0.292 bits per heavy atom. The number of nitrogens with zero attached hydrogens (tertiary/aromatic N) is 12. The third-order valence-corrected chi connectivity index (χ3v) is 21.3. The van der Waals surface area contributed by atoms with Gasteiger partial charge in [-0.25, -0.2) is 92.2 Å². The Labute approximate surface area is 777 Å². The van der Waals surface area contributed by atoms with E-state index in [1.54, 1.807) is 158 Å². The molecule has 4 heterocycles. The van der Waals surface area contributed by atoms with Crippen LogP contribution in [-0.2, 0) is 38.3 Å². The van der Waals surface area contributed by atoms with E-state index in [1.807, 2.05) is 0 Å². The number of para-hydroxylation sites is 4. The van der Waals surface area contributed by atoms with Gasteiger partial charge in [-0.05, 0) is 165 Å². The number of carbonyl (C=O) groups is 8. The molecule has 0 aliphatic carbocycles. The van der Waals surface area contributed by atoms with E-state index in [-0.39, 0.29) is 165 Å². The lowest BCUT2D eigenvalue weighted by molar-refractivity contribution is -0.105. The molecule has 0 aliphatic heterocycles. The topological polar surface area (TPSA) is 571 Å². The first-order valence-corrected chi connectivity index (χ1v) is 42.3. The Bertz CT molecular complexity index is 7510. The lowest BCUT2D eigenvalue weighted by Crippen LogP contribution is -2.14. The highest BCUT2D eigenvalue weighted by atomic mass is 32.2. The van der Waals surface area contributed by atoms with Gasteiger partial charge in [0.2, 0.25) is 12.3 Å². The second-order valence-corrected chi connectivity index (χ2v) is 31.1. The van der Waals surface area contributed by atoms with Crippen LogP contribution in [-0.4, -0.2) is 199 Å². The highest BCUT2D eigenvalue weighted by molar-refractivity contribution is 7.90. The molecule has 0 fully saturated rings. The van der Waals surface area contributed by atoms with E-state index in [0.717, 1.165) is 6.26 Å². The highest BCUT2D eigenvalue weighted by Gasteiger charge is 2.27. The lowest BCUT2D eigenvalue weighted by Gasteiger charge is -2.13. The number of primary amides is 1. The van der Waals surface area contributed by atoms with Gasteiger partial charge in [0.25, 0.3) is 0 Å². The van der Waals surface area contributed by atoms with E-state index < -0.39 is 51.3 Å². The van der Waals surface area contributed by atoms with Crippen molar-refractivity contribution in [1.29, 1.82) is 0 Å². The van der Waals surface area contributed by atoms with Gasteiger partial charge in [-0.1, -0.05) is 97.1 Å². The number of sulfone groups is 1. The molecule has 16 aromatic rings. The number of esters is 5. The van der Waals surface area contributed by atoms with Crippen LogP contribution in [0.4, 0.5) is 5.69 Å². The Morgan fingerprint density at radius 2 is 0.540 bits per heavy atom. The SMILES string of the molecule is COC(=O)c1ccc(-c2nc(-c3ccccc3O)nc(-c3c(O)cc(NC=O)cc3C(N)=O)n2)cc1.COC(=O)c1ccc(-c2nc(-c3ccccc3O)nc(-c3cc(C(=O)OC)ccc3O)n2)cc1.COC(=O)c1ccc(-c2nc(-c3ccccc3O)nc(-c3cc(C(C)=O)ccc3O)n2)cc1.COC(=O)c1ccc(-c2nc(-c3ccccc3O)nc(-c3cc(S(C)(=O)=O)ccc3O)n2)cc1. The molecular weight excluding hydrogens is 1790 g/mol. The van der Waals surface area contributed by atoms with E-state index in [2.05, 4.69) is 65.1 Å². The maximum absolute atomic E-state index is 12.2. The number of anilines is 1. The van der Waals surface area contributed by atoms with Crippen molar-refractivity contribution in [3.63, 3.8) is 0 Å². The van der Waals surface area contributed by atoms with Crippen molar-refractivity contribution in [2.24, 2.45) is 5.73 Å². The summed E-state index contributed by atoms with van der Waals surface area (Å²) in [6.45, 7) is 1.42. The van der Waals surface area contributed by atoms with Crippen LogP contribution in [0.1, 0.15) is 79.4 Å². The second-order valence-electron chi connectivity index (χ2n) is 29.1. The van der Waals surface area contributed by atoms with Gasteiger partial charge < -0.3 is 75.6 Å². The van der Waals surface area contributed by atoms with Crippen molar-refractivity contribution in [3.05, 3.63) is 300 Å². The van der Waals surface area contributed by atoms with Gasteiger partial charge in [0.1, 0.15) is 46.0 Å². The first-order valence-electron chi connectivity index (χ1n) is 40.4. The van der Waals surface area contributed by atoms with Crippen molar-refractivity contribution in [2.45, 2.75) is 11.8 Å². The molecule has 0 saturated carbocycles. The summed E-state index contributed by atoms with van der Waals surface area (Å²) >= 11 is 0. The first-order chi connectivity index (χ1) is 65.8. The molecule has 0 spiro atoms. The average Bonchev–Trinajstić information content (AvgIpc) is 0.779. The van der Waals surface area contributed by atoms with E-state index in [9.17, 15) is 87.6 Å². The zero-order valence-electron chi connectivity index (χ0n) is 73.0. The Balaban J connectivity index is 0.000000154. The molecular formula is C99H76N14O23S. The molecule has 137 heavy (non-hydrogen) atoms. The summed E-state index contributed by atoms with van der Waals surface area (Å²) in [5.41, 5.74) is 11.3. The van der Waals surface area contributed by atoms with E-state index in [0.29, 0.717) is 73.2 Å². The number of hydrogen-bond acceptors (Lipinski definition) is 35. The minimum atomic E-state index is -3.56. The average molecular weight is 1860 g/mol. The fraction of sp³-hybridized carbons (Fsp3) is 0.0707. The van der Waals surface area contributed by atoms with Gasteiger partial charge >= 0.3 is 29.8 Å². The number of aromatic hydroxyl groups is 8. The zero-order chi connectivity index (χ0) is 98.1. The van der Waals surface area contributed by atoms with Gasteiger partial charge in [0, 0.05) is 45.8 Å². The van der Waals surface area contributed by atoms with Crippen LogP contribution in [0.2, 0.25) is 0 Å². The van der Waals surface area contributed by atoms with Gasteiger partial charge in [-0.3, -0.25) is 14.4 Å². The van der Waals surface area contributed by atoms with Crippen molar-refractivity contribution in [3.8, 4) is 183 Å². The Kier molecular flexibility index (Phi) is 29.5. The van der Waals surface area contributed by atoms with Gasteiger partial charge in [0.15, 0.2) is 85.5 Å². The fourth-order valence-electron chi connectivity index (χ4n) is 13.1. The lowest BCUT2D eigenvalue weighted by atomic mass is 10.0. The predicted molar refractivity (Wildman–Crippen MR) is 496 cm³/mol. The van der Waals surface area contributed by atoms with Gasteiger partial charge in [-0.2, -0.15) is 0 Å². The van der Waals surface area contributed by atoms with E-state index in [1.165, 1.54) is 146 Å². The van der Waals surface area contributed by atoms with Crippen LogP contribution in [0, 0.1) is 0 Å². The molecule has 2 amide bonds. The standard InChI is InChI=1S/C25H19N5O6.C25H19N3O6.C25H19N3O5.C24H19N3O6S/c1-36-25(35)14-8-6-13(7-9-14)22-28-23(16-4-2-3-5-18(16)32)30-24(29-22)20-17(21(26)34)10-15(27-12-31)11-19(20)33;1-33-24(31)15-9-7-14(8-10-15)21-26-22(17-5-3-4-6-19(17)29)28-23(27-21)18-13-16(25(32)34-2)11-12-20(18)30;1-14(29)17-11-12-21(31)19(13-17)24-27-22(15-7-9-16(10-8-15)25(32)33-2)26-23(28-24)18-5-3-4-6-20(18)30;1-33-24(30)15-9-7-14(8-10-15)21-25-22(17-5-3-4-6-19(17)28)27-23(26-21)18-13-16(34(2,31)32)11-12-20(18)29/h2-12,32-33H,1H3,(H2,26,34)(H,27,31);3-13,29-30H,1-2H3;3-13,30-31H,1-2H3;3-13,28-29H,1-2H3. The first kappa shape index (κ1) is 95.6. The summed E-state index contributed by atoms with van der Waals surface area (Å²) < 4.78 is 47.8. The number of rotatable bonds is 22. The number of methoxy groups -OCH3 is 5. The number of nitrogens with one attached hydrogen (secondary N) is 1. The van der Waals surface area contributed by atoms with Crippen LogP contribution in [0.25, 0.3) is 137 Å². The smallest absolute Gasteiger partial charge is 0.337 e. The molecule has 12 aromatic carbocycles. The highest BCUT2D eigenvalue weighted by Crippen LogP contribution is 2.41. The number of ketones is 1. The van der Waals surface area contributed by atoms with Crippen molar-refractivity contribution < 1.29 is 111 Å². The van der Waals surface area contributed by atoms with Crippen LogP contribution in [0.5, 0.6) is 46.0 Å². The molecule has 16 rings (SSSR count). The Morgan fingerprint density at radius 3 is 0.832 bits per heavy atom. The molecule has 37 nitrogen and oxygen atoms in total. The molecule has 0 bridgehead atoms. The fourth-order valence-corrected chi connectivity index (χ4v) is 13.8. The van der Waals surface area contributed by atoms with Crippen molar-refractivity contribution >= 4 is 63.5 Å². The molecule has 686 valence electrons. The van der Waals surface area contributed by atoms with E-state index in [4.69, 9.17) is 29.4 Å². The molecule has 0 radical (unpaired) electrons. The zero-order valence-corrected chi connectivity index (χ0v) is 73.8. The molecule has 0 atom stereocenters. The summed E-state index contributed by atoms with van der Waals surface area (Å²) in [6, 6.07) is 66.3. The van der Waals surface area contributed by atoms with Crippen LogP contribution in [0.3, 0.4) is 0 Å². The number of nitrogens with two attached hydrogens (primary N) is 1. The third-order valence-electron chi connectivity index (χ3n) is 20.2. The molecule has 38 heteroatoms. The van der Waals surface area contributed by atoms with E-state index >= 15 is 0 Å². The van der Waals surface area contributed by atoms with Crippen LogP contribution < -0.4 is 11.1 Å². The number of phenols is 8.